The molecule has 5 nitrogen and oxygen atoms in total. The Morgan fingerprint density at radius 1 is 0.816 bits per heavy atom. The molecule has 0 aliphatic carbocycles. The SMILES string of the molecule is Cc1c(Cl)cccc1NC(=O)NCc1ccc(Cc2c(-c3ccc(O)cc3)ccc3cc(O)ccc23)cc1. The van der Waals surface area contributed by atoms with Crippen molar-refractivity contribution in [2.45, 2.75) is 19.9 Å². The van der Waals surface area contributed by atoms with Crippen LogP contribution in [0.15, 0.2) is 97.1 Å². The number of benzene rings is 5. The number of carbonyl (C=O) groups excluding carboxylic acids is 1. The summed E-state index contributed by atoms with van der Waals surface area (Å²) in [5.41, 5.74) is 6.82. The van der Waals surface area contributed by atoms with E-state index >= 15 is 0 Å². The molecule has 5 aromatic rings. The van der Waals surface area contributed by atoms with Crippen LogP contribution in [0.25, 0.3) is 21.9 Å². The maximum atomic E-state index is 12.4. The van der Waals surface area contributed by atoms with E-state index in [1.807, 2.05) is 49.4 Å². The Bertz CT molecular complexity index is 1610. The molecule has 0 saturated carbocycles. The number of hydrogen-bond donors (Lipinski definition) is 4. The summed E-state index contributed by atoms with van der Waals surface area (Å²) in [5, 5.41) is 28.1. The maximum Gasteiger partial charge on any atom is 0.319 e. The molecule has 6 heteroatoms. The maximum absolute atomic E-state index is 12.4. The zero-order valence-electron chi connectivity index (χ0n) is 20.8. The van der Waals surface area contributed by atoms with Crippen LogP contribution in [-0.4, -0.2) is 16.2 Å². The molecule has 2 amide bonds. The van der Waals surface area contributed by atoms with Crippen LogP contribution in [0.2, 0.25) is 5.02 Å². The van der Waals surface area contributed by atoms with Crippen LogP contribution < -0.4 is 10.6 Å². The Kier molecular flexibility index (Phi) is 7.20. The Balaban J connectivity index is 1.34. The fraction of sp³-hybridized carbons (Fsp3) is 0.0938. The molecule has 0 saturated heterocycles. The van der Waals surface area contributed by atoms with Crippen molar-refractivity contribution in [2.24, 2.45) is 0 Å². The lowest BCUT2D eigenvalue weighted by molar-refractivity contribution is 0.251. The monoisotopic (exact) mass is 522 g/mol. The van der Waals surface area contributed by atoms with Gasteiger partial charge in [-0.15, -0.1) is 0 Å². The third kappa shape index (κ3) is 5.58. The van der Waals surface area contributed by atoms with Gasteiger partial charge >= 0.3 is 6.03 Å². The average Bonchev–Trinajstić information content (AvgIpc) is 2.91. The predicted molar refractivity (Wildman–Crippen MR) is 154 cm³/mol. The minimum atomic E-state index is -0.294. The highest BCUT2D eigenvalue weighted by atomic mass is 35.5. The number of rotatable bonds is 6. The summed E-state index contributed by atoms with van der Waals surface area (Å²) >= 11 is 6.14. The Morgan fingerprint density at radius 2 is 1.53 bits per heavy atom. The second-order valence-electron chi connectivity index (χ2n) is 9.26. The van der Waals surface area contributed by atoms with E-state index in [1.54, 1.807) is 36.4 Å². The van der Waals surface area contributed by atoms with Gasteiger partial charge in [-0.05, 0) is 93.9 Å². The van der Waals surface area contributed by atoms with E-state index in [9.17, 15) is 15.0 Å². The Morgan fingerprint density at radius 3 is 2.29 bits per heavy atom. The molecular weight excluding hydrogens is 496 g/mol. The molecule has 0 aliphatic rings. The molecule has 38 heavy (non-hydrogen) atoms. The molecule has 0 bridgehead atoms. The predicted octanol–water partition coefficient (Wildman–Crippen LogP) is 7.79. The molecule has 0 radical (unpaired) electrons. The molecule has 0 unspecified atom stereocenters. The van der Waals surface area contributed by atoms with Crippen molar-refractivity contribution in [1.29, 1.82) is 0 Å². The average molecular weight is 523 g/mol. The zero-order chi connectivity index (χ0) is 26.6. The van der Waals surface area contributed by atoms with E-state index in [4.69, 9.17) is 11.6 Å². The summed E-state index contributed by atoms with van der Waals surface area (Å²) < 4.78 is 0. The van der Waals surface area contributed by atoms with E-state index < -0.39 is 0 Å². The number of aromatic hydroxyl groups is 2. The largest absolute Gasteiger partial charge is 0.508 e. The van der Waals surface area contributed by atoms with Crippen molar-refractivity contribution in [2.75, 3.05) is 5.32 Å². The number of carbonyl (C=O) groups is 1. The lowest BCUT2D eigenvalue weighted by atomic mass is 9.90. The van der Waals surface area contributed by atoms with Gasteiger partial charge < -0.3 is 20.8 Å². The van der Waals surface area contributed by atoms with E-state index in [-0.39, 0.29) is 17.5 Å². The number of anilines is 1. The van der Waals surface area contributed by atoms with E-state index in [1.165, 1.54) is 0 Å². The van der Waals surface area contributed by atoms with Gasteiger partial charge in [0.25, 0.3) is 0 Å². The normalized spacial score (nSPS) is 10.9. The molecule has 0 aliphatic heterocycles. The number of urea groups is 1. The third-order valence-corrected chi connectivity index (χ3v) is 7.08. The van der Waals surface area contributed by atoms with E-state index in [0.29, 0.717) is 23.7 Å². The molecule has 0 atom stereocenters. The third-order valence-electron chi connectivity index (χ3n) is 6.67. The van der Waals surface area contributed by atoms with Crippen LogP contribution in [-0.2, 0) is 13.0 Å². The van der Waals surface area contributed by atoms with Crippen LogP contribution in [0.5, 0.6) is 11.5 Å². The molecule has 0 fully saturated rings. The highest BCUT2D eigenvalue weighted by molar-refractivity contribution is 6.31. The molecule has 0 heterocycles. The Labute approximate surface area is 226 Å². The summed E-state index contributed by atoms with van der Waals surface area (Å²) in [7, 11) is 0. The summed E-state index contributed by atoms with van der Waals surface area (Å²) in [5.74, 6) is 0.453. The smallest absolute Gasteiger partial charge is 0.319 e. The van der Waals surface area contributed by atoms with Crippen molar-refractivity contribution in [3.8, 4) is 22.6 Å². The number of hydrogen-bond acceptors (Lipinski definition) is 3. The summed E-state index contributed by atoms with van der Waals surface area (Å²) in [4.78, 5) is 12.4. The highest BCUT2D eigenvalue weighted by Crippen LogP contribution is 2.34. The van der Waals surface area contributed by atoms with Gasteiger partial charge in [0.15, 0.2) is 0 Å². The molecule has 0 spiro atoms. The molecule has 4 N–H and O–H groups in total. The number of halogens is 1. The van der Waals surface area contributed by atoms with Crippen molar-refractivity contribution >= 4 is 34.1 Å². The summed E-state index contributed by atoms with van der Waals surface area (Å²) in [6.45, 7) is 2.25. The first-order chi connectivity index (χ1) is 18.4. The van der Waals surface area contributed by atoms with Crippen molar-refractivity contribution in [1.82, 2.24) is 5.32 Å². The molecule has 5 rings (SSSR count). The first-order valence-electron chi connectivity index (χ1n) is 12.3. The first kappa shape index (κ1) is 25.2. The zero-order valence-corrected chi connectivity index (χ0v) is 21.6. The molecule has 0 aromatic heterocycles. The van der Waals surface area contributed by atoms with Crippen molar-refractivity contribution in [3.63, 3.8) is 0 Å². The van der Waals surface area contributed by atoms with Crippen LogP contribution in [0.3, 0.4) is 0 Å². The summed E-state index contributed by atoms with van der Waals surface area (Å²) in [6.07, 6.45) is 0.681. The van der Waals surface area contributed by atoms with Crippen molar-refractivity contribution < 1.29 is 15.0 Å². The van der Waals surface area contributed by atoms with Gasteiger partial charge in [-0.3, -0.25) is 0 Å². The van der Waals surface area contributed by atoms with Crippen LogP contribution in [0.4, 0.5) is 10.5 Å². The number of phenolic OH excluding ortho intramolecular Hbond substituents is 2. The second kappa shape index (κ2) is 10.9. The number of amides is 2. The standard InChI is InChI=1S/C32H27ClN2O3/c1-20-30(33)3-2-4-31(20)35-32(38)34-19-22-7-5-21(6-8-22)17-29-27(23-9-12-25(36)13-10-23)15-11-24-18-26(37)14-16-28(24)29/h2-16,18,36-37H,17,19H2,1H3,(H2,34,35,38). The molecule has 5 aromatic carbocycles. The van der Waals surface area contributed by atoms with Gasteiger partial charge in [0.2, 0.25) is 0 Å². The minimum Gasteiger partial charge on any atom is -0.508 e. The fourth-order valence-corrected chi connectivity index (χ4v) is 4.73. The molecular formula is C32H27ClN2O3. The number of fused-ring (bicyclic) bond motifs is 1. The van der Waals surface area contributed by atoms with Crippen LogP contribution in [0, 0.1) is 6.92 Å². The lowest BCUT2D eigenvalue weighted by Crippen LogP contribution is -2.28. The topological polar surface area (TPSA) is 81.6 Å². The van der Waals surface area contributed by atoms with Crippen LogP contribution >= 0.6 is 11.6 Å². The minimum absolute atomic E-state index is 0.224. The van der Waals surface area contributed by atoms with Gasteiger partial charge in [-0.1, -0.05) is 72.3 Å². The first-order valence-corrected chi connectivity index (χ1v) is 12.7. The number of nitrogens with one attached hydrogen (secondary N) is 2. The number of phenols is 2. The Hall–Kier alpha value is -4.48. The highest BCUT2D eigenvalue weighted by Gasteiger charge is 2.12. The van der Waals surface area contributed by atoms with Gasteiger partial charge in [-0.2, -0.15) is 0 Å². The van der Waals surface area contributed by atoms with E-state index in [0.717, 1.165) is 44.2 Å². The second-order valence-corrected chi connectivity index (χ2v) is 9.66. The fourth-order valence-electron chi connectivity index (χ4n) is 4.55. The van der Waals surface area contributed by atoms with E-state index in [2.05, 4.69) is 28.8 Å². The lowest BCUT2D eigenvalue weighted by Gasteiger charge is -2.15. The van der Waals surface area contributed by atoms with Gasteiger partial charge in [0.1, 0.15) is 11.5 Å². The van der Waals surface area contributed by atoms with Gasteiger partial charge in [0.05, 0.1) is 0 Å². The quantitative estimate of drug-likeness (QED) is 0.184. The van der Waals surface area contributed by atoms with Crippen molar-refractivity contribution in [3.05, 3.63) is 124 Å². The van der Waals surface area contributed by atoms with Gasteiger partial charge in [-0.25, -0.2) is 4.79 Å². The van der Waals surface area contributed by atoms with Crippen LogP contribution in [0.1, 0.15) is 22.3 Å². The molecule has 190 valence electrons. The van der Waals surface area contributed by atoms with Gasteiger partial charge in [0, 0.05) is 17.3 Å². The summed E-state index contributed by atoms with van der Waals surface area (Å²) in [6, 6.07) is 29.9.